The molecule has 12 heteroatoms. The van der Waals surface area contributed by atoms with Crippen molar-refractivity contribution in [2.24, 2.45) is 23.5 Å². The van der Waals surface area contributed by atoms with Crippen molar-refractivity contribution < 1.29 is 42.4 Å². The molecule has 1 fully saturated rings. The number of amides is 1. The maximum atomic E-state index is 13.1. The lowest BCUT2D eigenvalue weighted by Crippen LogP contribution is -2.27. The molecule has 1 saturated carbocycles. The molecule has 55 heavy (non-hydrogen) atoms. The summed E-state index contributed by atoms with van der Waals surface area (Å²) in [5, 5.41) is 26.0. The van der Waals surface area contributed by atoms with Crippen LogP contribution in [-0.4, -0.2) is 52.4 Å². The number of unbranched alkanes of at least 4 members (excludes halogenated alkanes) is 1. The van der Waals surface area contributed by atoms with Crippen molar-refractivity contribution in [1.29, 1.82) is 0 Å². The molecule has 0 spiro atoms. The van der Waals surface area contributed by atoms with E-state index in [-0.39, 0.29) is 61.6 Å². The van der Waals surface area contributed by atoms with E-state index in [4.69, 9.17) is 15.2 Å². The van der Waals surface area contributed by atoms with Gasteiger partial charge in [0.15, 0.2) is 0 Å². The summed E-state index contributed by atoms with van der Waals surface area (Å²) in [6.07, 6.45) is 7.58. The molecule has 0 aliphatic heterocycles. The standard InChI is InChI=1S/C43H48F3N3O6/c1-28-21-40(51)38(18-17-35(50)27-54-36-8-6-7-33(23-36)43(44,45)46)37(28)9-4-2-3-5-10-41(52)55-26-29-11-13-30(14-12-29)39(24-47)42(53)49-34-16-15-32-25-48-20-19-31(32)22-34/h2,4,6-8,11-20,22-23,25,28,35,37-40,50-51H,3,5,9-10,21,24,26-27,47H2,1H3,(H,49,53)/b4-2-,18-17+/t28-,35+,37?,38+,39?,40+/m0/s1. The third-order valence-electron chi connectivity index (χ3n) is 9.99. The molecule has 5 N–H and O–H groups in total. The molecular formula is C43H48F3N3O6. The average molecular weight is 760 g/mol. The zero-order valence-electron chi connectivity index (χ0n) is 30.7. The summed E-state index contributed by atoms with van der Waals surface area (Å²) in [6.45, 7) is 2.09. The van der Waals surface area contributed by atoms with Crippen molar-refractivity contribution in [2.75, 3.05) is 18.5 Å². The predicted molar refractivity (Wildman–Crippen MR) is 205 cm³/mol. The van der Waals surface area contributed by atoms with E-state index >= 15 is 0 Å². The molecule has 2 unspecified atom stereocenters. The van der Waals surface area contributed by atoms with Gasteiger partial charge in [-0.3, -0.25) is 14.6 Å². The summed E-state index contributed by atoms with van der Waals surface area (Å²) in [4.78, 5) is 29.6. The number of benzene rings is 3. The molecule has 6 atom stereocenters. The number of ether oxygens (including phenoxy) is 2. The summed E-state index contributed by atoms with van der Waals surface area (Å²) < 4.78 is 49.7. The van der Waals surface area contributed by atoms with E-state index in [1.807, 2.05) is 54.6 Å². The van der Waals surface area contributed by atoms with Crippen LogP contribution < -0.4 is 15.8 Å². The number of halogens is 3. The maximum Gasteiger partial charge on any atom is 0.416 e. The second-order valence-electron chi connectivity index (χ2n) is 14.0. The van der Waals surface area contributed by atoms with Gasteiger partial charge in [0.05, 0.1) is 17.6 Å². The van der Waals surface area contributed by atoms with Crippen LogP contribution in [0.5, 0.6) is 5.75 Å². The van der Waals surface area contributed by atoms with Gasteiger partial charge in [0.2, 0.25) is 5.91 Å². The third kappa shape index (κ3) is 12.0. The fourth-order valence-corrected chi connectivity index (χ4v) is 6.90. The molecule has 1 aliphatic carbocycles. The molecule has 0 saturated heterocycles. The minimum atomic E-state index is -4.49. The van der Waals surface area contributed by atoms with Gasteiger partial charge < -0.3 is 30.7 Å². The van der Waals surface area contributed by atoms with Crippen molar-refractivity contribution >= 4 is 28.3 Å². The Hall–Kier alpha value is -5.04. The molecule has 3 aromatic carbocycles. The van der Waals surface area contributed by atoms with Gasteiger partial charge in [0, 0.05) is 42.4 Å². The van der Waals surface area contributed by atoms with E-state index in [0.29, 0.717) is 31.4 Å². The van der Waals surface area contributed by atoms with Crippen LogP contribution in [0.2, 0.25) is 0 Å². The van der Waals surface area contributed by atoms with Gasteiger partial charge in [-0.1, -0.05) is 67.6 Å². The number of nitrogens with two attached hydrogens (primary N) is 1. The maximum absolute atomic E-state index is 13.1. The first-order chi connectivity index (χ1) is 26.4. The van der Waals surface area contributed by atoms with Crippen molar-refractivity contribution in [1.82, 2.24) is 4.98 Å². The van der Waals surface area contributed by atoms with Crippen LogP contribution in [0.3, 0.4) is 0 Å². The van der Waals surface area contributed by atoms with Crippen molar-refractivity contribution in [3.05, 3.63) is 126 Å². The summed E-state index contributed by atoms with van der Waals surface area (Å²) in [6, 6.07) is 19.3. The summed E-state index contributed by atoms with van der Waals surface area (Å²) in [7, 11) is 0. The minimum Gasteiger partial charge on any atom is -0.491 e. The lowest BCUT2D eigenvalue weighted by atomic mass is 9.86. The molecule has 0 radical (unpaired) electrons. The first-order valence-corrected chi connectivity index (χ1v) is 18.5. The Morgan fingerprint density at radius 1 is 1.05 bits per heavy atom. The van der Waals surface area contributed by atoms with Crippen LogP contribution in [0, 0.1) is 17.8 Å². The highest BCUT2D eigenvalue weighted by Gasteiger charge is 2.38. The lowest BCUT2D eigenvalue weighted by molar-refractivity contribution is -0.145. The van der Waals surface area contributed by atoms with Crippen LogP contribution >= 0.6 is 0 Å². The molecule has 0 bridgehead atoms. The number of alkyl halides is 3. The van der Waals surface area contributed by atoms with Crippen LogP contribution in [-0.2, 0) is 27.1 Å². The van der Waals surface area contributed by atoms with Gasteiger partial charge >= 0.3 is 12.1 Å². The number of anilines is 1. The molecule has 4 aromatic rings. The normalized spacial score (nSPS) is 19.8. The monoisotopic (exact) mass is 759 g/mol. The molecule has 9 nitrogen and oxygen atoms in total. The zero-order chi connectivity index (χ0) is 39.4. The number of hydrogen-bond donors (Lipinski definition) is 4. The number of aliphatic hydroxyl groups excluding tert-OH is 2. The first-order valence-electron chi connectivity index (χ1n) is 18.5. The summed E-state index contributed by atoms with van der Waals surface area (Å²) in [5.74, 6) is -0.888. The SMILES string of the molecule is C[C@H]1C[C@@H](O)[C@H](/C=C/[C@@H](O)COc2cccc(C(F)(F)F)c2)C1C/C=C\CCCC(=O)OCc1ccc(C(CN)C(=O)Nc2ccc3cnccc3c2)cc1. The smallest absolute Gasteiger partial charge is 0.416 e. The number of carbonyl (C=O) groups is 2. The number of rotatable bonds is 17. The molecule has 1 amide bonds. The Bertz CT molecular complexity index is 1930. The zero-order valence-corrected chi connectivity index (χ0v) is 30.7. The average Bonchev–Trinajstić information content (AvgIpc) is 3.44. The summed E-state index contributed by atoms with van der Waals surface area (Å²) >= 11 is 0. The van der Waals surface area contributed by atoms with Gasteiger partial charge in [-0.25, -0.2) is 0 Å². The van der Waals surface area contributed by atoms with Crippen LogP contribution in [0.25, 0.3) is 10.8 Å². The van der Waals surface area contributed by atoms with Gasteiger partial charge in [-0.15, -0.1) is 0 Å². The number of pyridine rings is 1. The molecule has 1 aliphatic rings. The second kappa shape index (κ2) is 19.5. The van der Waals surface area contributed by atoms with Crippen molar-refractivity contribution in [3.63, 3.8) is 0 Å². The van der Waals surface area contributed by atoms with Gasteiger partial charge in [0.1, 0.15) is 25.1 Å². The fourth-order valence-electron chi connectivity index (χ4n) is 6.90. The van der Waals surface area contributed by atoms with E-state index < -0.39 is 29.9 Å². The minimum absolute atomic E-state index is 0.00996. The van der Waals surface area contributed by atoms with Gasteiger partial charge in [-0.2, -0.15) is 13.2 Å². The van der Waals surface area contributed by atoms with E-state index in [1.165, 1.54) is 18.2 Å². The largest absolute Gasteiger partial charge is 0.491 e. The van der Waals surface area contributed by atoms with Gasteiger partial charge in [0.25, 0.3) is 0 Å². The van der Waals surface area contributed by atoms with Crippen LogP contribution in [0.15, 0.2) is 109 Å². The molecule has 5 rings (SSSR count). The lowest BCUT2D eigenvalue weighted by Gasteiger charge is -2.20. The Morgan fingerprint density at radius 3 is 2.62 bits per heavy atom. The fraction of sp³-hybridized carbons (Fsp3) is 0.372. The topological polar surface area (TPSA) is 144 Å². The Kier molecular flexibility index (Phi) is 14.6. The van der Waals surface area contributed by atoms with Crippen LogP contribution in [0.4, 0.5) is 18.9 Å². The number of carbonyl (C=O) groups excluding carboxylic acids is 2. The number of hydrogen-bond acceptors (Lipinski definition) is 8. The van der Waals surface area contributed by atoms with Crippen molar-refractivity contribution in [3.8, 4) is 5.75 Å². The molecule has 1 heterocycles. The second-order valence-corrected chi connectivity index (χ2v) is 14.0. The number of aliphatic hydroxyl groups is 2. The highest BCUT2D eigenvalue weighted by molar-refractivity contribution is 5.98. The van der Waals surface area contributed by atoms with Crippen LogP contribution in [0.1, 0.15) is 61.6 Å². The quantitative estimate of drug-likeness (QED) is 0.0487. The van der Waals surface area contributed by atoms with Gasteiger partial charge in [-0.05, 0) is 90.4 Å². The van der Waals surface area contributed by atoms with E-state index in [0.717, 1.165) is 34.0 Å². The Balaban J connectivity index is 1.00. The Morgan fingerprint density at radius 2 is 1.85 bits per heavy atom. The molecule has 1 aromatic heterocycles. The first kappa shape index (κ1) is 41.1. The van der Waals surface area contributed by atoms with Crippen molar-refractivity contribution in [2.45, 2.75) is 69.9 Å². The summed E-state index contributed by atoms with van der Waals surface area (Å²) in [5.41, 5.74) is 7.38. The number of nitrogens with one attached hydrogen (secondary N) is 1. The number of allylic oxidation sites excluding steroid dienone is 2. The molecule has 292 valence electrons. The third-order valence-corrected chi connectivity index (χ3v) is 9.99. The number of esters is 1. The molecular weight excluding hydrogens is 711 g/mol. The van der Waals surface area contributed by atoms with E-state index in [2.05, 4.69) is 23.3 Å². The predicted octanol–water partition coefficient (Wildman–Crippen LogP) is 7.72. The number of fused-ring (bicyclic) bond motifs is 1. The van der Waals surface area contributed by atoms with E-state index in [9.17, 15) is 33.0 Å². The van der Waals surface area contributed by atoms with E-state index in [1.54, 1.807) is 18.5 Å². The number of nitrogens with zero attached hydrogens (tertiary/aromatic N) is 1. The highest BCUT2D eigenvalue weighted by atomic mass is 19.4. The highest BCUT2D eigenvalue weighted by Crippen LogP contribution is 2.40. The Labute approximate surface area is 319 Å². The number of aromatic nitrogens is 1.